The average Bonchev–Trinajstić information content (AvgIpc) is 3.30. The van der Waals surface area contributed by atoms with Crippen molar-refractivity contribution >= 4 is 45.6 Å². The van der Waals surface area contributed by atoms with Crippen molar-refractivity contribution < 1.29 is 14.3 Å². The molecule has 26 heavy (non-hydrogen) atoms. The van der Waals surface area contributed by atoms with E-state index in [9.17, 15) is 9.59 Å². The predicted octanol–water partition coefficient (Wildman–Crippen LogP) is 4.58. The van der Waals surface area contributed by atoms with Crippen LogP contribution in [0.5, 0.6) is 5.75 Å². The smallest absolute Gasteiger partial charge is 0.261 e. The summed E-state index contributed by atoms with van der Waals surface area (Å²) in [7, 11) is 1.47. The van der Waals surface area contributed by atoms with Gasteiger partial charge in [-0.2, -0.15) is 0 Å². The van der Waals surface area contributed by atoms with Gasteiger partial charge in [0, 0.05) is 24.1 Å². The van der Waals surface area contributed by atoms with Crippen LogP contribution in [-0.4, -0.2) is 23.9 Å². The Labute approximate surface area is 160 Å². The molecule has 0 unspecified atom stereocenters. The third kappa shape index (κ3) is 4.53. The lowest BCUT2D eigenvalue weighted by molar-refractivity contribution is -0.117. The summed E-state index contributed by atoms with van der Waals surface area (Å²) in [5.41, 5.74) is 0.721. The molecule has 0 aliphatic heterocycles. The zero-order valence-electron chi connectivity index (χ0n) is 14.4. The van der Waals surface area contributed by atoms with E-state index >= 15 is 0 Å². The molecule has 1 heterocycles. The highest BCUT2D eigenvalue weighted by molar-refractivity contribution is 7.13. The average molecular weight is 394 g/mol. The number of methoxy groups -OCH3 is 1. The van der Waals surface area contributed by atoms with E-state index in [0.29, 0.717) is 28.9 Å². The Morgan fingerprint density at radius 1 is 1.31 bits per heavy atom. The molecule has 0 bridgehead atoms. The molecule has 1 aromatic carbocycles. The van der Waals surface area contributed by atoms with E-state index < -0.39 is 0 Å². The fraction of sp³-hybridized carbons (Fsp3) is 0.389. The second kappa shape index (κ2) is 8.51. The first-order valence-corrected chi connectivity index (χ1v) is 9.71. The van der Waals surface area contributed by atoms with E-state index in [2.05, 4.69) is 15.6 Å². The van der Waals surface area contributed by atoms with Crippen LogP contribution in [0.25, 0.3) is 0 Å². The first-order valence-electron chi connectivity index (χ1n) is 8.45. The Kier molecular flexibility index (Phi) is 6.11. The van der Waals surface area contributed by atoms with E-state index in [-0.39, 0.29) is 22.4 Å². The maximum atomic E-state index is 12.4. The van der Waals surface area contributed by atoms with Crippen LogP contribution in [-0.2, 0) is 4.79 Å². The van der Waals surface area contributed by atoms with E-state index in [4.69, 9.17) is 16.3 Å². The van der Waals surface area contributed by atoms with Gasteiger partial charge in [0.05, 0.1) is 23.4 Å². The maximum Gasteiger partial charge on any atom is 0.261 e. The van der Waals surface area contributed by atoms with Gasteiger partial charge in [-0.05, 0) is 24.8 Å². The summed E-state index contributed by atoms with van der Waals surface area (Å²) in [5.74, 6) is 0.335. The monoisotopic (exact) mass is 393 g/mol. The summed E-state index contributed by atoms with van der Waals surface area (Å²) in [4.78, 5) is 28.7. The minimum Gasteiger partial charge on any atom is -0.496 e. The van der Waals surface area contributed by atoms with Crippen LogP contribution in [0.2, 0.25) is 5.02 Å². The Bertz CT molecular complexity index is 789. The number of nitrogens with one attached hydrogen (secondary N) is 2. The SMILES string of the molecule is COc1cc(NC(=O)CC2CCCC2)c(Cl)cc1C(=O)Nc1nccs1. The Hall–Kier alpha value is -2.12. The van der Waals surface area contributed by atoms with E-state index in [1.807, 2.05) is 0 Å². The van der Waals surface area contributed by atoms with Crippen molar-refractivity contribution in [1.29, 1.82) is 0 Å². The molecule has 1 saturated carbocycles. The summed E-state index contributed by atoms with van der Waals surface area (Å²) < 4.78 is 5.31. The number of hydrogen-bond donors (Lipinski definition) is 2. The number of nitrogens with zero attached hydrogens (tertiary/aromatic N) is 1. The summed E-state index contributed by atoms with van der Waals surface area (Å²) in [5, 5.41) is 8.06. The summed E-state index contributed by atoms with van der Waals surface area (Å²) in [6.45, 7) is 0. The molecule has 0 atom stereocenters. The number of halogens is 1. The minimum absolute atomic E-state index is 0.0687. The normalized spacial score (nSPS) is 14.2. The van der Waals surface area contributed by atoms with Crippen molar-refractivity contribution in [3.05, 3.63) is 34.3 Å². The molecule has 2 aromatic rings. The third-order valence-corrected chi connectivity index (χ3v) is 5.41. The van der Waals surface area contributed by atoms with Gasteiger partial charge in [0.1, 0.15) is 5.75 Å². The third-order valence-electron chi connectivity index (χ3n) is 4.41. The standard InChI is InChI=1S/C18H20ClN3O3S/c1-25-15-10-14(21-16(23)8-11-4-2-3-5-11)13(19)9-12(15)17(24)22-18-20-6-7-26-18/h6-7,9-11H,2-5,8H2,1H3,(H,21,23)(H,20,22,24). The number of rotatable bonds is 6. The topological polar surface area (TPSA) is 80.3 Å². The molecule has 1 aliphatic rings. The van der Waals surface area contributed by atoms with Gasteiger partial charge in [-0.25, -0.2) is 4.98 Å². The van der Waals surface area contributed by atoms with Gasteiger partial charge in [0.15, 0.2) is 5.13 Å². The highest BCUT2D eigenvalue weighted by Gasteiger charge is 2.21. The van der Waals surface area contributed by atoms with Gasteiger partial charge in [-0.3, -0.25) is 14.9 Å². The molecular formula is C18H20ClN3O3S. The molecule has 1 fully saturated rings. The van der Waals surface area contributed by atoms with Gasteiger partial charge in [-0.15, -0.1) is 11.3 Å². The molecule has 6 nitrogen and oxygen atoms in total. The van der Waals surface area contributed by atoms with Crippen LogP contribution in [0.15, 0.2) is 23.7 Å². The van der Waals surface area contributed by atoms with Crippen LogP contribution < -0.4 is 15.4 Å². The van der Waals surface area contributed by atoms with Gasteiger partial charge < -0.3 is 10.1 Å². The fourth-order valence-corrected chi connectivity index (χ4v) is 3.86. The Morgan fingerprint density at radius 2 is 2.08 bits per heavy atom. The molecule has 138 valence electrons. The lowest BCUT2D eigenvalue weighted by atomic mass is 10.0. The molecule has 2 N–H and O–H groups in total. The zero-order chi connectivity index (χ0) is 18.5. The second-order valence-corrected chi connectivity index (χ2v) is 7.53. The molecule has 0 radical (unpaired) electrons. The lowest BCUT2D eigenvalue weighted by Crippen LogP contribution is -2.17. The quantitative estimate of drug-likeness (QED) is 0.752. The van der Waals surface area contributed by atoms with Crippen molar-refractivity contribution in [3.63, 3.8) is 0 Å². The maximum absolute atomic E-state index is 12.4. The number of carbonyl (C=O) groups excluding carboxylic acids is 2. The van der Waals surface area contributed by atoms with Gasteiger partial charge in [0.2, 0.25) is 5.91 Å². The molecular weight excluding hydrogens is 374 g/mol. The van der Waals surface area contributed by atoms with E-state index in [1.165, 1.54) is 37.4 Å². The van der Waals surface area contributed by atoms with E-state index in [0.717, 1.165) is 12.8 Å². The first kappa shape index (κ1) is 18.7. The molecule has 1 aromatic heterocycles. The number of anilines is 2. The largest absolute Gasteiger partial charge is 0.496 e. The molecule has 1 aliphatic carbocycles. The van der Waals surface area contributed by atoms with Crippen molar-refractivity contribution in [2.45, 2.75) is 32.1 Å². The number of carbonyl (C=O) groups is 2. The fourth-order valence-electron chi connectivity index (χ4n) is 3.12. The van der Waals surface area contributed by atoms with Crippen LogP contribution >= 0.6 is 22.9 Å². The van der Waals surface area contributed by atoms with Gasteiger partial charge in [-0.1, -0.05) is 24.4 Å². The van der Waals surface area contributed by atoms with E-state index in [1.54, 1.807) is 17.6 Å². The number of amides is 2. The summed E-state index contributed by atoms with van der Waals surface area (Å²) >= 11 is 7.60. The van der Waals surface area contributed by atoms with Crippen molar-refractivity contribution in [3.8, 4) is 5.75 Å². The Balaban J connectivity index is 1.73. The molecule has 0 spiro atoms. The lowest BCUT2D eigenvalue weighted by Gasteiger charge is -2.14. The first-order chi connectivity index (χ1) is 12.6. The van der Waals surface area contributed by atoms with Crippen molar-refractivity contribution in [1.82, 2.24) is 4.98 Å². The van der Waals surface area contributed by atoms with Crippen molar-refractivity contribution in [2.24, 2.45) is 5.92 Å². The number of hydrogen-bond acceptors (Lipinski definition) is 5. The minimum atomic E-state index is -0.373. The zero-order valence-corrected chi connectivity index (χ0v) is 16.0. The number of benzene rings is 1. The van der Waals surface area contributed by atoms with Gasteiger partial charge >= 0.3 is 0 Å². The number of thiazole rings is 1. The molecule has 2 amide bonds. The summed E-state index contributed by atoms with van der Waals surface area (Å²) in [6.07, 6.45) is 6.67. The predicted molar refractivity (Wildman–Crippen MR) is 103 cm³/mol. The summed E-state index contributed by atoms with van der Waals surface area (Å²) in [6, 6.07) is 3.07. The second-order valence-electron chi connectivity index (χ2n) is 6.23. The van der Waals surface area contributed by atoms with Crippen molar-refractivity contribution in [2.75, 3.05) is 17.7 Å². The highest BCUT2D eigenvalue weighted by Crippen LogP contribution is 2.33. The number of aromatic nitrogens is 1. The van der Waals surface area contributed by atoms with Gasteiger partial charge in [0.25, 0.3) is 5.91 Å². The number of ether oxygens (including phenoxy) is 1. The van der Waals surface area contributed by atoms with Crippen LogP contribution in [0.1, 0.15) is 42.5 Å². The Morgan fingerprint density at radius 3 is 2.73 bits per heavy atom. The molecule has 0 saturated heterocycles. The highest BCUT2D eigenvalue weighted by atomic mass is 35.5. The molecule has 3 rings (SSSR count). The van der Waals surface area contributed by atoms with Crippen LogP contribution in [0.4, 0.5) is 10.8 Å². The van der Waals surface area contributed by atoms with Crippen LogP contribution in [0, 0.1) is 5.92 Å². The van der Waals surface area contributed by atoms with Crippen LogP contribution in [0.3, 0.4) is 0 Å². The molecule has 8 heteroatoms.